The number of ether oxygens (including phenoxy) is 2. The molecule has 0 spiro atoms. The lowest BCUT2D eigenvalue weighted by atomic mass is 10.1. The van der Waals surface area contributed by atoms with Crippen molar-refractivity contribution in [1.82, 2.24) is 5.32 Å². The third-order valence-corrected chi connectivity index (χ3v) is 4.03. The first-order chi connectivity index (χ1) is 9.72. The van der Waals surface area contributed by atoms with Gasteiger partial charge in [-0.1, -0.05) is 34.1 Å². The fourth-order valence-corrected chi connectivity index (χ4v) is 2.82. The molecule has 1 N–H and O–H groups in total. The third-order valence-electron chi connectivity index (χ3n) is 3.31. The number of halogens is 1. The molecule has 1 saturated heterocycles. The number of carbonyl (C=O) groups is 1. The summed E-state index contributed by atoms with van der Waals surface area (Å²) in [5, 5.41) is 3.27. The van der Waals surface area contributed by atoms with Gasteiger partial charge in [0, 0.05) is 17.6 Å². The van der Waals surface area contributed by atoms with Gasteiger partial charge in [0.25, 0.3) is 0 Å². The third kappa shape index (κ3) is 4.04. The van der Waals surface area contributed by atoms with Crippen LogP contribution in [0.3, 0.4) is 0 Å². The van der Waals surface area contributed by atoms with E-state index < -0.39 is 6.04 Å². The van der Waals surface area contributed by atoms with Crippen LogP contribution in [0.4, 0.5) is 0 Å². The van der Waals surface area contributed by atoms with Crippen LogP contribution in [0.1, 0.15) is 31.4 Å². The van der Waals surface area contributed by atoms with Crippen LogP contribution in [0, 0.1) is 0 Å². The van der Waals surface area contributed by atoms with E-state index in [-0.39, 0.29) is 12.1 Å². The maximum absolute atomic E-state index is 12.2. The summed E-state index contributed by atoms with van der Waals surface area (Å²) in [5.41, 5.74) is 0.893. The number of hydrogen-bond acceptors (Lipinski definition) is 4. The highest BCUT2D eigenvalue weighted by Crippen LogP contribution is 2.24. The Morgan fingerprint density at radius 3 is 3.00 bits per heavy atom. The molecule has 0 amide bonds. The minimum absolute atomic E-state index is 0.189. The topological polar surface area (TPSA) is 47.6 Å². The van der Waals surface area contributed by atoms with Crippen LogP contribution in [0.15, 0.2) is 28.7 Å². The molecule has 1 fully saturated rings. The smallest absolute Gasteiger partial charge is 0.327 e. The molecule has 1 aromatic carbocycles. The summed E-state index contributed by atoms with van der Waals surface area (Å²) in [6.07, 6.45) is 2.32. The van der Waals surface area contributed by atoms with E-state index in [0.29, 0.717) is 13.2 Å². The van der Waals surface area contributed by atoms with Crippen molar-refractivity contribution in [2.24, 2.45) is 0 Å². The number of nitrogens with one attached hydrogen (secondary N) is 1. The van der Waals surface area contributed by atoms with Crippen LogP contribution < -0.4 is 5.32 Å². The van der Waals surface area contributed by atoms with E-state index in [1.54, 1.807) is 0 Å². The molecule has 0 bridgehead atoms. The Labute approximate surface area is 128 Å². The van der Waals surface area contributed by atoms with Gasteiger partial charge in [-0.3, -0.25) is 5.32 Å². The molecule has 2 unspecified atom stereocenters. The second-order valence-corrected chi connectivity index (χ2v) is 5.60. The van der Waals surface area contributed by atoms with Crippen molar-refractivity contribution in [2.45, 2.75) is 31.9 Å². The summed E-state index contributed by atoms with van der Waals surface area (Å²) in [6.45, 7) is 3.66. The molecule has 5 heteroatoms. The van der Waals surface area contributed by atoms with E-state index in [1.165, 1.54) is 0 Å². The van der Waals surface area contributed by atoms with Crippen LogP contribution in [0.25, 0.3) is 0 Å². The van der Waals surface area contributed by atoms with Gasteiger partial charge in [0.2, 0.25) is 0 Å². The van der Waals surface area contributed by atoms with Crippen molar-refractivity contribution in [2.75, 3.05) is 19.8 Å². The molecule has 1 aromatic rings. The molecule has 2 atom stereocenters. The summed E-state index contributed by atoms with van der Waals surface area (Å²) in [6, 6.07) is 7.23. The molecule has 1 aliphatic rings. The Bertz CT molecular complexity index is 446. The molecule has 110 valence electrons. The first kappa shape index (κ1) is 15.5. The molecule has 0 saturated carbocycles. The quantitative estimate of drug-likeness (QED) is 0.808. The zero-order valence-corrected chi connectivity index (χ0v) is 13.2. The molecule has 2 rings (SSSR count). The summed E-state index contributed by atoms with van der Waals surface area (Å²) >= 11 is 3.49. The first-order valence-corrected chi connectivity index (χ1v) is 7.77. The van der Waals surface area contributed by atoms with Crippen LogP contribution >= 0.6 is 15.9 Å². The molecule has 0 aliphatic carbocycles. The van der Waals surface area contributed by atoms with Gasteiger partial charge >= 0.3 is 5.97 Å². The Kier molecular flexibility index (Phi) is 6.01. The van der Waals surface area contributed by atoms with Crippen LogP contribution in [0.5, 0.6) is 0 Å². The lowest BCUT2D eigenvalue weighted by Crippen LogP contribution is -2.35. The van der Waals surface area contributed by atoms with Gasteiger partial charge in [-0.2, -0.15) is 0 Å². The number of hydrogen-bond donors (Lipinski definition) is 1. The predicted molar refractivity (Wildman–Crippen MR) is 80.5 cm³/mol. The molecular weight excluding hydrogens is 322 g/mol. The fourth-order valence-electron chi connectivity index (χ4n) is 2.31. The van der Waals surface area contributed by atoms with Crippen molar-refractivity contribution in [3.05, 3.63) is 34.3 Å². The maximum Gasteiger partial charge on any atom is 0.327 e. The Hall–Kier alpha value is -0.910. The molecule has 20 heavy (non-hydrogen) atoms. The lowest BCUT2D eigenvalue weighted by molar-refractivity contribution is -0.146. The van der Waals surface area contributed by atoms with E-state index in [4.69, 9.17) is 9.47 Å². The molecule has 1 aliphatic heterocycles. The van der Waals surface area contributed by atoms with Gasteiger partial charge in [0.15, 0.2) is 0 Å². The second kappa shape index (κ2) is 7.76. The van der Waals surface area contributed by atoms with Gasteiger partial charge in [-0.15, -0.1) is 0 Å². The summed E-state index contributed by atoms with van der Waals surface area (Å²) in [4.78, 5) is 12.2. The van der Waals surface area contributed by atoms with Gasteiger partial charge in [-0.05, 0) is 31.4 Å². The molecule has 4 nitrogen and oxygen atoms in total. The molecule has 0 aromatic heterocycles. The molecule has 0 radical (unpaired) electrons. The summed E-state index contributed by atoms with van der Waals surface area (Å²) in [5.74, 6) is -0.252. The maximum atomic E-state index is 12.2. The minimum atomic E-state index is -0.463. The standard InChI is InChI=1S/C15H20BrNO3/c1-2-19-15(18)14(12-7-3-4-8-13(12)16)17-10-11-6-5-9-20-11/h3-4,7-8,11,14,17H,2,5-6,9-10H2,1H3. The monoisotopic (exact) mass is 341 g/mol. The number of esters is 1. The van der Waals surface area contributed by atoms with Crippen molar-refractivity contribution < 1.29 is 14.3 Å². The molecule has 1 heterocycles. The SMILES string of the molecule is CCOC(=O)C(NCC1CCCO1)c1ccccc1Br. The zero-order valence-electron chi connectivity index (χ0n) is 11.6. The Morgan fingerprint density at radius 2 is 2.35 bits per heavy atom. The average molecular weight is 342 g/mol. The van der Waals surface area contributed by atoms with Crippen LogP contribution in [0.2, 0.25) is 0 Å². The predicted octanol–water partition coefficient (Wildman–Crippen LogP) is 2.82. The fraction of sp³-hybridized carbons (Fsp3) is 0.533. The molecular formula is C15H20BrNO3. The number of rotatable bonds is 6. The van der Waals surface area contributed by atoms with Crippen molar-refractivity contribution >= 4 is 21.9 Å². The van der Waals surface area contributed by atoms with E-state index in [2.05, 4.69) is 21.2 Å². The highest BCUT2D eigenvalue weighted by Gasteiger charge is 2.25. The van der Waals surface area contributed by atoms with Crippen molar-refractivity contribution in [1.29, 1.82) is 0 Å². The van der Waals surface area contributed by atoms with Crippen LogP contribution in [-0.2, 0) is 14.3 Å². The van der Waals surface area contributed by atoms with Crippen molar-refractivity contribution in [3.8, 4) is 0 Å². The Morgan fingerprint density at radius 1 is 1.55 bits per heavy atom. The zero-order chi connectivity index (χ0) is 14.4. The van der Waals surface area contributed by atoms with Gasteiger partial charge < -0.3 is 9.47 Å². The second-order valence-electron chi connectivity index (χ2n) is 4.75. The highest BCUT2D eigenvalue weighted by atomic mass is 79.9. The van der Waals surface area contributed by atoms with Crippen LogP contribution in [-0.4, -0.2) is 31.8 Å². The van der Waals surface area contributed by atoms with Gasteiger partial charge in [0.05, 0.1) is 12.7 Å². The lowest BCUT2D eigenvalue weighted by Gasteiger charge is -2.20. The van der Waals surface area contributed by atoms with E-state index in [1.807, 2.05) is 31.2 Å². The number of carbonyl (C=O) groups excluding carboxylic acids is 1. The summed E-state index contributed by atoms with van der Waals surface area (Å²) in [7, 11) is 0. The minimum Gasteiger partial charge on any atom is -0.465 e. The van der Waals surface area contributed by atoms with E-state index >= 15 is 0 Å². The summed E-state index contributed by atoms with van der Waals surface area (Å²) < 4.78 is 11.6. The first-order valence-electron chi connectivity index (χ1n) is 6.98. The van der Waals surface area contributed by atoms with E-state index in [9.17, 15) is 4.79 Å². The van der Waals surface area contributed by atoms with Crippen molar-refractivity contribution in [3.63, 3.8) is 0 Å². The number of benzene rings is 1. The van der Waals surface area contributed by atoms with E-state index in [0.717, 1.165) is 29.5 Å². The highest BCUT2D eigenvalue weighted by molar-refractivity contribution is 9.10. The van der Waals surface area contributed by atoms with Gasteiger partial charge in [0.1, 0.15) is 6.04 Å². The Balaban J connectivity index is 2.07. The van der Waals surface area contributed by atoms with Gasteiger partial charge in [-0.25, -0.2) is 4.79 Å². The average Bonchev–Trinajstić information content (AvgIpc) is 2.94. The normalized spacial score (nSPS) is 19.8. The largest absolute Gasteiger partial charge is 0.465 e.